The van der Waals surface area contributed by atoms with E-state index in [1.807, 2.05) is 18.2 Å². The standard InChI is InChI=1S/C16H22N2O2/c1-16(2)7-4-8-18(10-16)11-5-6-12-13(9-11)17(3)15(20)14(12)19/h5-6,9,14,19H,4,7-8,10H2,1-3H3. The van der Waals surface area contributed by atoms with Crippen molar-refractivity contribution in [3.05, 3.63) is 23.8 Å². The van der Waals surface area contributed by atoms with Crippen molar-refractivity contribution in [1.82, 2.24) is 0 Å². The lowest BCUT2D eigenvalue weighted by atomic mass is 9.84. The summed E-state index contributed by atoms with van der Waals surface area (Å²) in [7, 11) is 1.72. The van der Waals surface area contributed by atoms with Gasteiger partial charge in [0.25, 0.3) is 5.91 Å². The van der Waals surface area contributed by atoms with Crippen LogP contribution >= 0.6 is 0 Å². The van der Waals surface area contributed by atoms with E-state index < -0.39 is 6.10 Å². The second-order valence-electron chi connectivity index (χ2n) is 6.73. The molecule has 2 aliphatic heterocycles. The lowest BCUT2D eigenvalue weighted by molar-refractivity contribution is -0.125. The van der Waals surface area contributed by atoms with E-state index in [1.54, 1.807) is 11.9 Å². The highest BCUT2D eigenvalue weighted by Crippen LogP contribution is 2.39. The topological polar surface area (TPSA) is 43.8 Å². The first-order chi connectivity index (χ1) is 9.39. The first-order valence-electron chi connectivity index (χ1n) is 7.24. The summed E-state index contributed by atoms with van der Waals surface area (Å²) in [5.41, 5.74) is 3.03. The highest BCUT2D eigenvalue weighted by atomic mass is 16.3. The predicted octanol–water partition coefficient (Wildman–Crippen LogP) is 2.32. The minimum Gasteiger partial charge on any atom is -0.378 e. The number of rotatable bonds is 1. The van der Waals surface area contributed by atoms with Gasteiger partial charge in [0.2, 0.25) is 0 Å². The number of aliphatic hydroxyl groups is 1. The second kappa shape index (κ2) is 4.48. The first kappa shape index (κ1) is 13.4. The Morgan fingerprint density at radius 1 is 1.35 bits per heavy atom. The number of hydrogen-bond acceptors (Lipinski definition) is 3. The molecule has 0 bridgehead atoms. The Morgan fingerprint density at radius 2 is 2.10 bits per heavy atom. The molecule has 20 heavy (non-hydrogen) atoms. The molecule has 0 aliphatic carbocycles. The van der Waals surface area contributed by atoms with Gasteiger partial charge >= 0.3 is 0 Å². The van der Waals surface area contributed by atoms with Crippen molar-refractivity contribution >= 4 is 17.3 Å². The van der Waals surface area contributed by atoms with Crippen LogP contribution < -0.4 is 9.80 Å². The molecule has 1 N–H and O–H groups in total. The van der Waals surface area contributed by atoms with Crippen molar-refractivity contribution in [3.63, 3.8) is 0 Å². The first-order valence-corrected chi connectivity index (χ1v) is 7.24. The molecule has 0 aromatic heterocycles. The zero-order valence-electron chi connectivity index (χ0n) is 12.4. The smallest absolute Gasteiger partial charge is 0.260 e. The van der Waals surface area contributed by atoms with Crippen molar-refractivity contribution in [2.45, 2.75) is 32.8 Å². The fraction of sp³-hybridized carbons (Fsp3) is 0.562. The molecule has 2 aliphatic rings. The Kier molecular flexibility index (Phi) is 3.01. The van der Waals surface area contributed by atoms with E-state index in [2.05, 4.69) is 18.7 Å². The maximum atomic E-state index is 11.8. The molecule has 1 aromatic rings. The lowest BCUT2D eigenvalue weighted by Gasteiger charge is -2.39. The molecule has 1 unspecified atom stereocenters. The summed E-state index contributed by atoms with van der Waals surface area (Å²) < 4.78 is 0. The van der Waals surface area contributed by atoms with Gasteiger partial charge in [0.05, 0.1) is 5.69 Å². The summed E-state index contributed by atoms with van der Waals surface area (Å²) in [5.74, 6) is -0.240. The van der Waals surface area contributed by atoms with Gasteiger partial charge in [0.15, 0.2) is 6.10 Å². The van der Waals surface area contributed by atoms with Crippen LogP contribution in [0.5, 0.6) is 0 Å². The molecule has 1 amide bonds. The van der Waals surface area contributed by atoms with Crippen molar-refractivity contribution in [1.29, 1.82) is 0 Å². The molecule has 1 atom stereocenters. The molecular formula is C16H22N2O2. The third-order valence-corrected chi connectivity index (χ3v) is 4.50. The Hall–Kier alpha value is -1.55. The van der Waals surface area contributed by atoms with E-state index >= 15 is 0 Å². The van der Waals surface area contributed by atoms with E-state index in [0.29, 0.717) is 5.41 Å². The van der Waals surface area contributed by atoms with Crippen molar-refractivity contribution < 1.29 is 9.90 Å². The Balaban J connectivity index is 1.92. The average Bonchev–Trinajstić information content (AvgIpc) is 2.62. The maximum Gasteiger partial charge on any atom is 0.260 e. The van der Waals surface area contributed by atoms with Crippen LogP contribution in [0.25, 0.3) is 0 Å². The molecule has 3 rings (SSSR count). The number of likely N-dealkylation sites (N-methyl/N-ethyl adjacent to an activating group) is 1. The number of amides is 1. The molecule has 108 valence electrons. The molecule has 4 nitrogen and oxygen atoms in total. The normalized spacial score (nSPS) is 25.0. The van der Waals surface area contributed by atoms with Gasteiger partial charge in [-0.3, -0.25) is 4.79 Å². The molecule has 0 spiro atoms. The van der Waals surface area contributed by atoms with Crippen LogP contribution in [-0.4, -0.2) is 31.2 Å². The highest BCUT2D eigenvalue weighted by molar-refractivity contribution is 6.03. The van der Waals surface area contributed by atoms with Crippen LogP contribution in [0.3, 0.4) is 0 Å². The predicted molar refractivity (Wildman–Crippen MR) is 80.0 cm³/mol. The Morgan fingerprint density at radius 3 is 2.80 bits per heavy atom. The molecule has 1 fully saturated rings. The van der Waals surface area contributed by atoms with Crippen molar-refractivity contribution in [2.24, 2.45) is 5.41 Å². The number of carbonyl (C=O) groups is 1. The summed E-state index contributed by atoms with van der Waals surface area (Å²) in [6, 6.07) is 5.94. The van der Waals surface area contributed by atoms with Crippen LogP contribution in [0, 0.1) is 5.41 Å². The second-order valence-corrected chi connectivity index (χ2v) is 6.73. The van der Waals surface area contributed by atoms with Gasteiger partial charge in [0.1, 0.15) is 0 Å². The lowest BCUT2D eigenvalue weighted by Crippen LogP contribution is -2.40. The van der Waals surface area contributed by atoms with Gasteiger partial charge in [0, 0.05) is 31.4 Å². The molecule has 1 saturated heterocycles. The number of aliphatic hydroxyl groups excluding tert-OH is 1. The van der Waals surface area contributed by atoms with Gasteiger partial charge in [-0.25, -0.2) is 0 Å². The van der Waals surface area contributed by atoms with Gasteiger partial charge in [-0.15, -0.1) is 0 Å². The minimum atomic E-state index is -0.998. The van der Waals surface area contributed by atoms with Crippen LogP contribution in [-0.2, 0) is 4.79 Å². The van der Waals surface area contributed by atoms with Gasteiger partial charge in [-0.05, 0) is 30.4 Å². The van der Waals surface area contributed by atoms with Gasteiger partial charge in [-0.2, -0.15) is 0 Å². The van der Waals surface area contributed by atoms with Crippen LogP contribution in [0.1, 0.15) is 38.4 Å². The number of carbonyl (C=O) groups excluding carboxylic acids is 1. The molecule has 2 heterocycles. The average molecular weight is 274 g/mol. The van der Waals surface area contributed by atoms with Crippen molar-refractivity contribution in [2.75, 3.05) is 29.9 Å². The largest absolute Gasteiger partial charge is 0.378 e. The van der Waals surface area contributed by atoms with Gasteiger partial charge < -0.3 is 14.9 Å². The third-order valence-electron chi connectivity index (χ3n) is 4.50. The molecule has 1 aromatic carbocycles. The van der Waals surface area contributed by atoms with E-state index in [1.165, 1.54) is 12.8 Å². The zero-order chi connectivity index (χ0) is 14.5. The van der Waals surface area contributed by atoms with E-state index in [9.17, 15) is 9.90 Å². The minimum absolute atomic E-state index is 0.240. The fourth-order valence-electron chi connectivity index (χ4n) is 3.33. The molecule has 0 saturated carbocycles. The number of fused-ring (bicyclic) bond motifs is 1. The summed E-state index contributed by atoms with van der Waals surface area (Å²) in [6.45, 7) is 6.69. The fourth-order valence-corrected chi connectivity index (χ4v) is 3.33. The number of anilines is 2. The number of nitrogens with zero attached hydrogens (tertiary/aromatic N) is 2. The number of hydrogen-bond donors (Lipinski definition) is 1. The highest BCUT2D eigenvalue weighted by Gasteiger charge is 2.34. The molecular weight excluding hydrogens is 252 g/mol. The number of benzene rings is 1. The van der Waals surface area contributed by atoms with Gasteiger partial charge in [-0.1, -0.05) is 19.9 Å². The SMILES string of the molecule is CN1C(=O)C(O)c2ccc(N3CCCC(C)(C)C3)cc21. The Labute approximate surface area is 120 Å². The van der Waals surface area contributed by atoms with Crippen LogP contribution in [0.15, 0.2) is 18.2 Å². The maximum absolute atomic E-state index is 11.8. The third kappa shape index (κ3) is 2.08. The van der Waals surface area contributed by atoms with Crippen LogP contribution in [0.2, 0.25) is 0 Å². The Bertz CT molecular complexity index is 553. The summed E-state index contributed by atoms with van der Waals surface area (Å²) >= 11 is 0. The zero-order valence-corrected chi connectivity index (χ0v) is 12.4. The monoisotopic (exact) mass is 274 g/mol. The summed E-state index contributed by atoms with van der Waals surface area (Å²) in [5, 5.41) is 9.90. The molecule has 0 radical (unpaired) electrons. The summed E-state index contributed by atoms with van der Waals surface area (Å²) in [4.78, 5) is 15.8. The summed E-state index contributed by atoms with van der Waals surface area (Å²) in [6.07, 6.45) is 1.45. The van der Waals surface area contributed by atoms with Crippen LogP contribution in [0.4, 0.5) is 11.4 Å². The van der Waals surface area contributed by atoms with E-state index in [0.717, 1.165) is 30.0 Å². The number of piperidine rings is 1. The van der Waals surface area contributed by atoms with E-state index in [4.69, 9.17) is 0 Å². The quantitative estimate of drug-likeness (QED) is 0.854. The molecule has 4 heteroatoms. The van der Waals surface area contributed by atoms with Crippen molar-refractivity contribution in [3.8, 4) is 0 Å². The van der Waals surface area contributed by atoms with E-state index in [-0.39, 0.29) is 5.91 Å².